The molecule has 1 N–H and O–H groups in total. The standard InChI is InChI=1S/C7H16ClNO3S/c1-7(3-4-8)9-13(10,11)6-5-12-2/h7,9H,3-6H2,1-2H3. The van der Waals surface area contributed by atoms with Crippen LogP contribution in [0.4, 0.5) is 0 Å². The van der Waals surface area contributed by atoms with Crippen LogP contribution >= 0.6 is 11.6 Å². The van der Waals surface area contributed by atoms with Crippen molar-refractivity contribution in [2.75, 3.05) is 25.3 Å². The quantitative estimate of drug-likeness (QED) is 0.650. The third kappa shape index (κ3) is 7.25. The molecule has 80 valence electrons. The Bertz CT molecular complexity index is 218. The lowest BCUT2D eigenvalue weighted by atomic mass is 10.3. The van der Waals surface area contributed by atoms with E-state index in [-0.39, 0.29) is 18.4 Å². The van der Waals surface area contributed by atoms with Crippen molar-refractivity contribution in [3.8, 4) is 0 Å². The minimum Gasteiger partial charge on any atom is -0.384 e. The topological polar surface area (TPSA) is 55.4 Å². The molecule has 1 atom stereocenters. The Balaban J connectivity index is 3.87. The Hall–Kier alpha value is 0.160. The van der Waals surface area contributed by atoms with Gasteiger partial charge in [-0.15, -0.1) is 11.6 Å². The van der Waals surface area contributed by atoms with Crippen LogP contribution in [0.3, 0.4) is 0 Å². The van der Waals surface area contributed by atoms with Crippen molar-refractivity contribution in [1.82, 2.24) is 4.72 Å². The highest BCUT2D eigenvalue weighted by Crippen LogP contribution is 1.96. The Labute approximate surface area is 84.7 Å². The summed E-state index contributed by atoms with van der Waals surface area (Å²) < 4.78 is 29.7. The summed E-state index contributed by atoms with van der Waals surface area (Å²) in [5.41, 5.74) is 0. The predicted octanol–water partition coefficient (Wildman–Crippen LogP) is 0.570. The maximum atomic E-state index is 11.2. The molecule has 0 rings (SSSR count). The fraction of sp³-hybridized carbons (Fsp3) is 1.00. The van der Waals surface area contributed by atoms with E-state index in [4.69, 9.17) is 11.6 Å². The van der Waals surface area contributed by atoms with Crippen LogP contribution in [0.2, 0.25) is 0 Å². The summed E-state index contributed by atoms with van der Waals surface area (Å²) in [6, 6.07) is -0.112. The summed E-state index contributed by atoms with van der Waals surface area (Å²) in [4.78, 5) is 0. The van der Waals surface area contributed by atoms with Gasteiger partial charge in [0.15, 0.2) is 0 Å². The van der Waals surface area contributed by atoms with E-state index in [0.717, 1.165) is 0 Å². The van der Waals surface area contributed by atoms with E-state index in [1.807, 2.05) is 0 Å². The molecule has 13 heavy (non-hydrogen) atoms. The van der Waals surface area contributed by atoms with Crippen LogP contribution in [-0.2, 0) is 14.8 Å². The number of methoxy groups -OCH3 is 1. The SMILES string of the molecule is COCCS(=O)(=O)NC(C)CCCl. The molecule has 0 aromatic heterocycles. The van der Waals surface area contributed by atoms with Gasteiger partial charge in [-0.2, -0.15) is 0 Å². The largest absolute Gasteiger partial charge is 0.384 e. The maximum absolute atomic E-state index is 11.2. The zero-order chi connectivity index (χ0) is 10.3. The number of sulfonamides is 1. The summed E-state index contributed by atoms with van der Waals surface area (Å²) in [7, 11) is -1.73. The van der Waals surface area contributed by atoms with Gasteiger partial charge in [-0.25, -0.2) is 13.1 Å². The van der Waals surface area contributed by atoms with Crippen molar-refractivity contribution in [2.24, 2.45) is 0 Å². The van der Waals surface area contributed by atoms with Crippen molar-refractivity contribution >= 4 is 21.6 Å². The van der Waals surface area contributed by atoms with Crippen LogP contribution in [0, 0.1) is 0 Å². The highest BCUT2D eigenvalue weighted by molar-refractivity contribution is 7.89. The molecule has 0 heterocycles. The summed E-state index contributed by atoms with van der Waals surface area (Å²) in [5, 5.41) is 0. The molecule has 0 amide bonds. The first kappa shape index (κ1) is 13.2. The van der Waals surface area contributed by atoms with Gasteiger partial charge in [-0.3, -0.25) is 0 Å². The number of ether oxygens (including phenoxy) is 1. The fourth-order valence-corrected chi connectivity index (χ4v) is 2.34. The summed E-state index contributed by atoms with van der Waals surface area (Å²) >= 11 is 5.47. The molecule has 0 radical (unpaired) electrons. The monoisotopic (exact) mass is 229 g/mol. The van der Waals surface area contributed by atoms with E-state index >= 15 is 0 Å². The van der Waals surface area contributed by atoms with Crippen LogP contribution in [0.5, 0.6) is 0 Å². The van der Waals surface area contributed by atoms with E-state index < -0.39 is 10.0 Å². The number of alkyl halides is 1. The van der Waals surface area contributed by atoms with Crippen molar-refractivity contribution in [3.63, 3.8) is 0 Å². The molecule has 0 aromatic carbocycles. The molecule has 0 aromatic rings. The maximum Gasteiger partial charge on any atom is 0.214 e. The minimum absolute atomic E-state index is 0.00384. The average molecular weight is 230 g/mol. The lowest BCUT2D eigenvalue weighted by Gasteiger charge is -2.12. The van der Waals surface area contributed by atoms with E-state index in [9.17, 15) is 8.42 Å². The molecule has 0 aliphatic carbocycles. The Morgan fingerprint density at radius 3 is 2.62 bits per heavy atom. The van der Waals surface area contributed by atoms with Gasteiger partial charge in [0.05, 0.1) is 12.4 Å². The number of hydrogen-bond acceptors (Lipinski definition) is 3. The summed E-state index contributed by atoms with van der Waals surface area (Å²) in [5.74, 6) is 0.449. The number of halogens is 1. The first-order chi connectivity index (χ1) is 6.02. The Morgan fingerprint density at radius 2 is 2.15 bits per heavy atom. The summed E-state index contributed by atoms with van der Waals surface area (Å²) in [6.07, 6.45) is 0.633. The predicted molar refractivity (Wildman–Crippen MR) is 53.6 cm³/mol. The molecular weight excluding hydrogens is 214 g/mol. The highest BCUT2D eigenvalue weighted by Gasteiger charge is 2.13. The van der Waals surface area contributed by atoms with Crippen LogP contribution < -0.4 is 4.72 Å². The third-order valence-corrected chi connectivity index (χ3v) is 3.16. The highest BCUT2D eigenvalue weighted by atomic mass is 35.5. The van der Waals surface area contributed by atoms with Crippen molar-refractivity contribution in [1.29, 1.82) is 0 Å². The Kier molecular flexibility index (Phi) is 6.67. The van der Waals surface area contributed by atoms with E-state index in [2.05, 4.69) is 9.46 Å². The first-order valence-electron chi connectivity index (χ1n) is 4.06. The Morgan fingerprint density at radius 1 is 1.54 bits per heavy atom. The van der Waals surface area contributed by atoms with Crippen molar-refractivity contribution in [2.45, 2.75) is 19.4 Å². The van der Waals surface area contributed by atoms with E-state index in [1.165, 1.54) is 7.11 Å². The second-order valence-electron chi connectivity index (χ2n) is 2.81. The van der Waals surface area contributed by atoms with Crippen LogP contribution in [-0.4, -0.2) is 39.8 Å². The lowest BCUT2D eigenvalue weighted by Crippen LogP contribution is -2.35. The van der Waals surface area contributed by atoms with Crippen molar-refractivity contribution < 1.29 is 13.2 Å². The molecule has 0 fully saturated rings. The van der Waals surface area contributed by atoms with Crippen LogP contribution in [0.25, 0.3) is 0 Å². The van der Waals surface area contributed by atoms with Gasteiger partial charge in [-0.05, 0) is 13.3 Å². The molecule has 0 aliphatic rings. The van der Waals surface area contributed by atoms with Gasteiger partial charge in [0, 0.05) is 19.0 Å². The molecule has 0 aliphatic heterocycles. The smallest absolute Gasteiger partial charge is 0.214 e. The van der Waals surface area contributed by atoms with Crippen LogP contribution in [0.1, 0.15) is 13.3 Å². The number of nitrogens with one attached hydrogen (secondary N) is 1. The second-order valence-corrected chi connectivity index (χ2v) is 5.06. The third-order valence-electron chi connectivity index (χ3n) is 1.48. The fourth-order valence-electron chi connectivity index (χ4n) is 0.781. The number of rotatable bonds is 7. The first-order valence-corrected chi connectivity index (χ1v) is 6.25. The van der Waals surface area contributed by atoms with Gasteiger partial charge in [0.2, 0.25) is 10.0 Å². The van der Waals surface area contributed by atoms with Crippen molar-refractivity contribution in [3.05, 3.63) is 0 Å². The molecule has 6 heteroatoms. The van der Waals surface area contributed by atoms with E-state index in [1.54, 1.807) is 6.92 Å². The normalized spacial score (nSPS) is 14.4. The second kappa shape index (κ2) is 6.59. The number of hydrogen-bond donors (Lipinski definition) is 1. The minimum atomic E-state index is -3.20. The van der Waals surface area contributed by atoms with E-state index in [0.29, 0.717) is 12.3 Å². The van der Waals surface area contributed by atoms with Gasteiger partial charge < -0.3 is 4.74 Å². The molecule has 1 unspecified atom stereocenters. The summed E-state index contributed by atoms with van der Waals surface area (Å²) in [6.45, 7) is 2.00. The van der Waals surface area contributed by atoms with Gasteiger partial charge in [0.25, 0.3) is 0 Å². The van der Waals surface area contributed by atoms with Gasteiger partial charge in [-0.1, -0.05) is 0 Å². The van der Waals surface area contributed by atoms with Gasteiger partial charge in [0.1, 0.15) is 0 Å². The molecule has 0 spiro atoms. The molecule has 0 bridgehead atoms. The molecular formula is C7H16ClNO3S. The zero-order valence-corrected chi connectivity index (χ0v) is 9.49. The van der Waals surface area contributed by atoms with Gasteiger partial charge >= 0.3 is 0 Å². The zero-order valence-electron chi connectivity index (χ0n) is 7.92. The van der Waals surface area contributed by atoms with Crippen LogP contribution in [0.15, 0.2) is 0 Å². The average Bonchev–Trinajstić information content (AvgIpc) is 2.00. The lowest BCUT2D eigenvalue weighted by molar-refractivity contribution is 0.216. The molecule has 4 nitrogen and oxygen atoms in total. The molecule has 0 saturated heterocycles. The molecule has 0 saturated carbocycles.